The van der Waals surface area contributed by atoms with Crippen LogP contribution in [0.15, 0.2) is 67.2 Å². The zero-order chi connectivity index (χ0) is 24.3. The van der Waals surface area contributed by atoms with E-state index in [9.17, 15) is 0 Å². The van der Waals surface area contributed by atoms with Crippen LogP contribution in [0.25, 0.3) is 6.08 Å². The highest BCUT2D eigenvalue weighted by Gasteiger charge is 2.17. The summed E-state index contributed by atoms with van der Waals surface area (Å²) in [4.78, 5) is 4.88. The van der Waals surface area contributed by atoms with Gasteiger partial charge in [0.25, 0.3) is 0 Å². The van der Waals surface area contributed by atoms with Crippen molar-refractivity contribution < 1.29 is 14.2 Å². The number of benzene rings is 2. The number of pyridine rings is 1. The second kappa shape index (κ2) is 13.1. The topological polar surface area (TPSA) is 40.6 Å². The van der Waals surface area contributed by atoms with E-state index in [1.807, 2.05) is 30.3 Å². The largest absolute Gasteiger partial charge is 0.488 e. The van der Waals surface area contributed by atoms with Gasteiger partial charge >= 0.3 is 0 Å². The monoisotopic (exact) mass is 471 g/mol. The molecular weight excluding hydrogens is 434 g/mol. The molecule has 1 aliphatic rings. The summed E-state index contributed by atoms with van der Waals surface area (Å²) in [5, 5.41) is 0. The standard InChI is InChI=1S/C31H37NO3/c1-3-10-24-14-16-25(17-15-24)18-19-29-28(4-2)30(34-22-26-11-6-5-7-12-26)21-31(32-29)35-23-27-13-8-9-20-33-27/h4-7,11-12,14-17,21,27H,2-3,8-10,13,18-20,22-23H2,1H3. The van der Waals surface area contributed by atoms with Crippen molar-refractivity contribution in [3.05, 3.63) is 95.2 Å². The highest BCUT2D eigenvalue weighted by Crippen LogP contribution is 2.29. The molecule has 1 fully saturated rings. The highest BCUT2D eigenvalue weighted by atomic mass is 16.5. The summed E-state index contributed by atoms with van der Waals surface area (Å²) < 4.78 is 18.2. The SMILES string of the molecule is C=Cc1c(OCc2ccccc2)cc(OCC2CCCCO2)nc1CCc1ccc(CCC)cc1. The molecule has 184 valence electrons. The zero-order valence-corrected chi connectivity index (χ0v) is 20.9. The van der Waals surface area contributed by atoms with Crippen molar-refractivity contribution in [2.75, 3.05) is 13.2 Å². The summed E-state index contributed by atoms with van der Waals surface area (Å²) in [6, 6.07) is 21.0. The Bertz CT molecular complexity index is 1060. The van der Waals surface area contributed by atoms with Crippen molar-refractivity contribution in [2.24, 2.45) is 0 Å². The number of hydrogen-bond acceptors (Lipinski definition) is 4. The maximum atomic E-state index is 6.26. The Balaban J connectivity index is 1.52. The van der Waals surface area contributed by atoms with Crippen molar-refractivity contribution in [2.45, 2.75) is 64.6 Å². The Morgan fingerprint density at radius 2 is 1.71 bits per heavy atom. The van der Waals surface area contributed by atoms with Crippen LogP contribution >= 0.6 is 0 Å². The van der Waals surface area contributed by atoms with Gasteiger partial charge in [-0.05, 0) is 55.2 Å². The summed E-state index contributed by atoms with van der Waals surface area (Å²) in [5.74, 6) is 1.34. The van der Waals surface area contributed by atoms with E-state index in [0.29, 0.717) is 19.1 Å². The van der Waals surface area contributed by atoms with Gasteiger partial charge in [0.1, 0.15) is 19.0 Å². The third kappa shape index (κ3) is 7.43. The number of aryl methyl sites for hydroxylation is 3. The highest BCUT2D eigenvalue weighted by molar-refractivity contribution is 5.59. The van der Waals surface area contributed by atoms with Crippen molar-refractivity contribution in [3.8, 4) is 11.6 Å². The number of rotatable bonds is 12. The van der Waals surface area contributed by atoms with Crippen LogP contribution < -0.4 is 9.47 Å². The van der Waals surface area contributed by atoms with Crippen LogP contribution in [0.4, 0.5) is 0 Å². The lowest BCUT2D eigenvalue weighted by atomic mass is 10.0. The second-order valence-corrected chi connectivity index (χ2v) is 9.16. The van der Waals surface area contributed by atoms with Gasteiger partial charge in [-0.1, -0.05) is 80.6 Å². The van der Waals surface area contributed by atoms with E-state index >= 15 is 0 Å². The van der Waals surface area contributed by atoms with Gasteiger partial charge in [-0.3, -0.25) is 0 Å². The predicted octanol–water partition coefficient (Wildman–Crippen LogP) is 6.99. The molecule has 0 N–H and O–H groups in total. The molecule has 1 saturated heterocycles. The Morgan fingerprint density at radius 1 is 0.943 bits per heavy atom. The molecule has 1 aromatic heterocycles. The Hall–Kier alpha value is -3.11. The minimum atomic E-state index is 0.128. The lowest BCUT2D eigenvalue weighted by Gasteiger charge is -2.23. The van der Waals surface area contributed by atoms with Gasteiger partial charge in [0.05, 0.1) is 11.8 Å². The fourth-order valence-corrected chi connectivity index (χ4v) is 4.44. The molecule has 4 heteroatoms. The van der Waals surface area contributed by atoms with Crippen molar-refractivity contribution in [3.63, 3.8) is 0 Å². The molecule has 2 heterocycles. The lowest BCUT2D eigenvalue weighted by molar-refractivity contribution is -0.0120. The fraction of sp³-hybridized carbons (Fsp3) is 0.387. The summed E-state index contributed by atoms with van der Waals surface area (Å²) in [5.41, 5.74) is 5.69. The first-order valence-corrected chi connectivity index (χ1v) is 12.9. The third-order valence-electron chi connectivity index (χ3n) is 6.42. The molecule has 0 bridgehead atoms. The van der Waals surface area contributed by atoms with Gasteiger partial charge in [0.15, 0.2) is 0 Å². The number of aromatic nitrogens is 1. The first-order chi connectivity index (χ1) is 17.2. The molecule has 2 aromatic carbocycles. The summed E-state index contributed by atoms with van der Waals surface area (Å²) >= 11 is 0. The van der Waals surface area contributed by atoms with Crippen molar-refractivity contribution in [1.29, 1.82) is 0 Å². The van der Waals surface area contributed by atoms with Crippen LogP contribution in [0.1, 0.15) is 60.6 Å². The Kier molecular flexibility index (Phi) is 9.36. The summed E-state index contributed by atoms with van der Waals surface area (Å²) in [7, 11) is 0. The van der Waals surface area contributed by atoms with Crippen molar-refractivity contribution >= 4 is 6.08 Å². The van der Waals surface area contributed by atoms with Crippen LogP contribution in [-0.2, 0) is 30.6 Å². The molecule has 4 nitrogen and oxygen atoms in total. The first kappa shape index (κ1) is 25.0. The predicted molar refractivity (Wildman–Crippen MR) is 142 cm³/mol. The first-order valence-electron chi connectivity index (χ1n) is 12.9. The number of hydrogen-bond donors (Lipinski definition) is 0. The normalized spacial score (nSPS) is 15.5. The van der Waals surface area contributed by atoms with Crippen LogP contribution in [-0.4, -0.2) is 24.3 Å². The lowest BCUT2D eigenvalue weighted by Crippen LogP contribution is -2.26. The van der Waals surface area contributed by atoms with Gasteiger partial charge < -0.3 is 14.2 Å². The van der Waals surface area contributed by atoms with Crippen LogP contribution in [0.2, 0.25) is 0 Å². The molecule has 0 aliphatic carbocycles. The van der Waals surface area contributed by atoms with E-state index < -0.39 is 0 Å². The molecule has 1 atom stereocenters. The van der Waals surface area contributed by atoms with Crippen LogP contribution in [0, 0.1) is 0 Å². The molecule has 0 amide bonds. The Morgan fingerprint density at radius 3 is 2.40 bits per heavy atom. The van der Waals surface area contributed by atoms with E-state index in [1.165, 1.54) is 17.5 Å². The van der Waals surface area contributed by atoms with E-state index in [1.54, 1.807) is 0 Å². The molecular formula is C31H37NO3. The smallest absolute Gasteiger partial charge is 0.217 e. The molecule has 0 saturated carbocycles. The van der Waals surface area contributed by atoms with E-state index in [2.05, 4.69) is 49.9 Å². The molecule has 1 aliphatic heterocycles. The molecule has 4 rings (SSSR count). The van der Waals surface area contributed by atoms with E-state index in [4.69, 9.17) is 19.2 Å². The van der Waals surface area contributed by atoms with Crippen molar-refractivity contribution in [1.82, 2.24) is 4.98 Å². The molecule has 0 radical (unpaired) electrons. The zero-order valence-electron chi connectivity index (χ0n) is 20.9. The molecule has 1 unspecified atom stereocenters. The van der Waals surface area contributed by atoms with Gasteiger partial charge in [0.2, 0.25) is 5.88 Å². The minimum absolute atomic E-state index is 0.128. The van der Waals surface area contributed by atoms with Crippen LogP contribution in [0.3, 0.4) is 0 Å². The van der Waals surface area contributed by atoms with Gasteiger partial charge in [-0.2, -0.15) is 0 Å². The molecule has 35 heavy (non-hydrogen) atoms. The number of ether oxygens (including phenoxy) is 3. The van der Waals surface area contributed by atoms with Gasteiger partial charge in [-0.25, -0.2) is 4.98 Å². The second-order valence-electron chi connectivity index (χ2n) is 9.16. The van der Waals surface area contributed by atoms with Gasteiger partial charge in [-0.15, -0.1) is 0 Å². The number of nitrogens with zero attached hydrogens (tertiary/aromatic N) is 1. The average molecular weight is 472 g/mol. The van der Waals surface area contributed by atoms with E-state index in [0.717, 1.165) is 67.7 Å². The quantitative estimate of drug-likeness (QED) is 0.285. The molecule has 0 spiro atoms. The fourth-order valence-electron chi connectivity index (χ4n) is 4.44. The minimum Gasteiger partial charge on any atom is -0.488 e. The van der Waals surface area contributed by atoms with Crippen LogP contribution in [0.5, 0.6) is 11.6 Å². The van der Waals surface area contributed by atoms with Gasteiger partial charge in [0, 0.05) is 18.2 Å². The maximum Gasteiger partial charge on any atom is 0.217 e. The molecule has 3 aromatic rings. The third-order valence-corrected chi connectivity index (χ3v) is 6.42. The average Bonchev–Trinajstić information content (AvgIpc) is 2.91. The summed E-state index contributed by atoms with van der Waals surface area (Å²) in [6.45, 7) is 8.08. The Labute approximate surface area is 210 Å². The maximum absolute atomic E-state index is 6.26. The summed E-state index contributed by atoms with van der Waals surface area (Å²) in [6.07, 6.45) is 9.29. The van der Waals surface area contributed by atoms with E-state index in [-0.39, 0.29) is 6.10 Å².